The molecule has 1 unspecified atom stereocenters. The van der Waals surface area contributed by atoms with Crippen LogP contribution in [-0.2, 0) is 25.5 Å². The van der Waals surface area contributed by atoms with Gasteiger partial charge in [0.25, 0.3) is 0 Å². The summed E-state index contributed by atoms with van der Waals surface area (Å²) in [6.45, 7) is 1.88. The number of hydrogen-bond donors (Lipinski definition) is 0. The number of halogens is 1. The number of hydrogen-bond acceptors (Lipinski definition) is 4. The third kappa shape index (κ3) is 4.24. The number of ether oxygens (including phenoxy) is 2. The van der Waals surface area contributed by atoms with Crippen LogP contribution in [-0.4, -0.2) is 26.2 Å². The van der Waals surface area contributed by atoms with E-state index in [1.807, 2.05) is 19.1 Å². The summed E-state index contributed by atoms with van der Waals surface area (Å²) >= 11 is 6.04. The molecule has 0 saturated carbocycles. The number of benzene rings is 1. The van der Waals surface area contributed by atoms with E-state index >= 15 is 0 Å². The van der Waals surface area contributed by atoms with Gasteiger partial charge in [0.15, 0.2) is 0 Å². The van der Waals surface area contributed by atoms with Crippen molar-refractivity contribution < 1.29 is 19.1 Å². The van der Waals surface area contributed by atoms with Crippen LogP contribution >= 0.6 is 11.6 Å². The normalized spacial score (nSPS) is 11.8. The Bertz CT molecular complexity index is 471. The largest absolute Gasteiger partial charge is 0.469 e. The summed E-state index contributed by atoms with van der Waals surface area (Å²) < 4.78 is 9.31. The minimum absolute atomic E-state index is 0.00483. The molecule has 104 valence electrons. The first-order chi connectivity index (χ1) is 8.99. The molecule has 19 heavy (non-hydrogen) atoms. The van der Waals surface area contributed by atoms with Crippen molar-refractivity contribution in [2.24, 2.45) is 5.92 Å². The Hall–Kier alpha value is -1.55. The first kappa shape index (κ1) is 15.5. The quantitative estimate of drug-likeness (QED) is 0.780. The van der Waals surface area contributed by atoms with Gasteiger partial charge in [0, 0.05) is 5.02 Å². The predicted octanol–water partition coefficient (Wildman–Crippen LogP) is 2.54. The molecule has 0 aliphatic carbocycles. The van der Waals surface area contributed by atoms with E-state index in [1.165, 1.54) is 14.2 Å². The van der Waals surface area contributed by atoms with E-state index < -0.39 is 17.9 Å². The molecule has 4 nitrogen and oxygen atoms in total. The van der Waals surface area contributed by atoms with E-state index in [4.69, 9.17) is 16.3 Å². The van der Waals surface area contributed by atoms with Crippen molar-refractivity contribution in [2.45, 2.75) is 19.8 Å². The smallest absolute Gasteiger partial charge is 0.309 e. The standard InChI is InChI=1S/C14H17ClO4/c1-9-10(5-4-6-12(9)15)7-11(14(17)19-3)8-13(16)18-2/h4-6,11H,7-8H2,1-3H3. The van der Waals surface area contributed by atoms with E-state index in [9.17, 15) is 9.59 Å². The van der Waals surface area contributed by atoms with Crippen molar-refractivity contribution in [2.75, 3.05) is 14.2 Å². The number of carbonyl (C=O) groups excluding carboxylic acids is 2. The van der Waals surface area contributed by atoms with Gasteiger partial charge in [0.05, 0.1) is 26.6 Å². The first-order valence-electron chi connectivity index (χ1n) is 5.88. The lowest BCUT2D eigenvalue weighted by Crippen LogP contribution is -2.23. The highest BCUT2D eigenvalue weighted by Gasteiger charge is 2.24. The molecule has 0 bridgehead atoms. The maximum atomic E-state index is 11.7. The van der Waals surface area contributed by atoms with E-state index in [-0.39, 0.29) is 6.42 Å². The first-order valence-corrected chi connectivity index (χ1v) is 6.26. The number of methoxy groups -OCH3 is 2. The number of esters is 2. The Balaban J connectivity index is 2.91. The second kappa shape index (κ2) is 7.14. The predicted molar refractivity (Wildman–Crippen MR) is 72.0 cm³/mol. The molecule has 0 N–H and O–H groups in total. The van der Waals surface area contributed by atoms with Gasteiger partial charge in [0.1, 0.15) is 0 Å². The summed E-state index contributed by atoms with van der Waals surface area (Å²) in [5.41, 5.74) is 1.83. The second-order valence-corrected chi connectivity index (χ2v) is 4.64. The molecule has 0 amide bonds. The van der Waals surface area contributed by atoms with Gasteiger partial charge in [-0.05, 0) is 30.5 Å². The number of carbonyl (C=O) groups is 2. The molecular formula is C14H17ClO4. The Kier molecular flexibility index (Phi) is 5.83. The lowest BCUT2D eigenvalue weighted by Gasteiger charge is -2.15. The maximum Gasteiger partial charge on any atom is 0.309 e. The van der Waals surface area contributed by atoms with Crippen LogP contribution in [0.2, 0.25) is 5.02 Å². The van der Waals surface area contributed by atoms with Gasteiger partial charge in [-0.2, -0.15) is 0 Å². The molecule has 5 heteroatoms. The summed E-state index contributed by atoms with van der Waals surface area (Å²) in [5, 5.41) is 0.638. The van der Waals surface area contributed by atoms with E-state index in [1.54, 1.807) is 6.07 Å². The van der Waals surface area contributed by atoms with E-state index in [2.05, 4.69) is 4.74 Å². The topological polar surface area (TPSA) is 52.6 Å². The van der Waals surface area contributed by atoms with Gasteiger partial charge in [0.2, 0.25) is 0 Å². The Labute approximate surface area is 117 Å². The summed E-state index contributed by atoms with van der Waals surface area (Å²) in [4.78, 5) is 23.0. The van der Waals surface area contributed by atoms with Crippen molar-refractivity contribution >= 4 is 23.5 Å². The SMILES string of the molecule is COC(=O)CC(Cc1cccc(Cl)c1C)C(=O)OC. The van der Waals surface area contributed by atoms with Crippen LogP contribution < -0.4 is 0 Å². The molecule has 0 radical (unpaired) electrons. The summed E-state index contributed by atoms with van der Waals surface area (Å²) in [6, 6.07) is 5.49. The highest BCUT2D eigenvalue weighted by Crippen LogP contribution is 2.23. The van der Waals surface area contributed by atoms with Gasteiger partial charge in [-0.15, -0.1) is 0 Å². The van der Waals surface area contributed by atoms with Crippen molar-refractivity contribution in [3.8, 4) is 0 Å². The molecule has 0 saturated heterocycles. The Morgan fingerprint density at radius 2 is 1.95 bits per heavy atom. The van der Waals surface area contributed by atoms with Crippen LogP contribution in [0.25, 0.3) is 0 Å². The summed E-state index contributed by atoms with van der Waals surface area (Å²) in [6.07, 6.45) is 0.392. The fourth-order valence-electron chi connectivity index (χ4n) is 1.83. The molecule has 0 heterocycles. The lowest BCUT2D eigenvalue weighted by atomic mass is 9.93. The van der Waals surface area contributed by atoms with Crippen LogP contribution in [0.3, 0.4) is 0 Å². The third-order valence-electron chi connectivity index (χ3n) is 3.02. The lowest BCUT2D eigenvalue weighted by molar-refractivity contribution is -0.151. The van der Waals surface area contributed by atoms with Crippen molar-refractivity contribution in [3.63, 3.8) is 0 Å². The zero-order valence-electron chi connectivity index (χ0n) is 11.2. The minimum atomic E-state index is -0.561. The van der Waals surface area contributed by atoms with Crippen molar-refractivity contribution in [1.29, 1.82) is 0 Å². The molecule has 0 fully saturated rings. The van der Waals surface area contributed by atoms with Gasteiger partial charge in [-0.25, -0.2) is 0 Å². The fraction of sp³-hybridized carbons (Fsp3) is 0.429. The molecule has 0 aliphatic rings. The van der Waals surface area contributed by atoms with Crippen LogP contribution in [0.15, 0.2) is 18.2 Å². The highest BCUT2D eigenvalue weighted by molar-refractivity contribution is 6.31. The average molecular weight is 285 g/mol. The third-order valence-corrected chi connectivity index (χ3v) is 3.43. The zero-order chi connectivity index (χ0) is 14.4. The van der Waals surface area contributed by atoms with Gasteiger partial charge >= 0.3 is 11.9 Å². The number of rotatable bonds is 5. The van der Waals surface area contributed by atoms with E-state index in [0.29, 0.717) is 11.4 Å². The van der Waals surface area contributed by atoms with Crippen LogP contribution in [0.1, 0.15) is 17.5 Å². The zero-order valence-corrected chi connectivity index (χ0v) is 12.0. The van der Waals surface area contributed by atoms with Crippen molar-refractivity contribution in [3.05, 3.63) is 34.3 Å². The molecule has 0 aliphatic heterocycles. The molecule has 0 spiro atoms. The highest BCUT2D eigenvalue weighted by atomic mass is 35.5. The second-order valence-electron chi connectivity index (χ2n) is 4.23. The molecule has 0 aromatic heterocycles. The van der Waals surface area contributed by atoms with Gasteiger partial charge in [-0.3, -0.25) is 9.59 Å². The molecule has 1 rings (SSSR count). The summed E-state index contributed by atoms with van der Waals surface area (Å²) in [7, 11) is 2.60. The van der Waals surface area contributed by atoms with Crippen LogP contribution in [0.4, 0.5) is 0 Å². The molecule has 1 aromatic rings. The molecule has 1 aromatic carbocycles. The van der Waals surface area contributed by atoms with Crippen LogP contribution in [0.5, 0.6) is 0 Å². The van der Waals surface area contributed by atoms with Crippen LogP contribution in [0, 0.1) is 12.8 Å². The van der Waals surface area contributed by atoms with Gasteiger partial charge < -0.3 is 9.47 Å². The monoisotopic (exact) mass is 284 g/mol. The van der Waals surface area contributed by atoms with Gasteiger partial charge in [-0.1, -0.05) is 23.7 Å². The minimum Gasteiger partial charge on any atom is -0.469 e. The average Bonchev–Trinajstić information content (AvgIpc) is 2.41. The van der Waals surface area contributed by atoms with E-state index in [0.717, 1.165) is 11.1 Å². The maximum absolute atomic E-state index is 11.7. The molecular weight excluding hydrogens is 268 g/mol. The Morgan fingerprint density at radius 3 is 2.53 bits per heavy atom. The fourth-order valence-corrected chi connectivity index (χ4v) is 2.02. The molecule has 1 atom stereocenters. The van der Waals surface area contributed by atoms with Crippen molar-refractivity contribution in [1.82, 2.24) is 0 Å². The Morgan fingerprint density at radius 1 is 1.26 bits per heavy atom. The summed E-state index contributed by atoms with van der Waals surface area (Å²) in [5.74, 6) is -1.42.